The number of carbonyl (C=O) groups is 1. The number of carbonyl (C=O) groups excluding carboxylic acids is 1. The van der Waals surface area contributed by atoms with Crippen LogP contribution in [0.5, 0.6) is 5.75 Å². The maximum absolute atomic E-state index is 12.0. The van der Waals surface area contributed by atoms with Crippen molar-refractivity contribution in [3.05, 3.63) is 29.8 Å². The van der Waals surface area contributed by atoms with E-state index in [2.05, 4.69) is 17.3 Å². The fourth-order valence-electron chi connectivity index (χ4n) is 2.79. The number of nitrogens with one attached hydrogen (secondary N) is 1. The number of hydrogen-bond acceptors (Lipinski definition) is 5. The van der Waals surface area contributed by atoms with E-state index in [1.807, 2.05) is 12.1 Å². The number of unbranched alkanes of at least 4 members (excludes halogenated alkanes) is 2. The van der Waals surface area contributed by atoms with Gasteiger partial charge in [-0.1, -0.05) is 26.2 Å². The van der Waals surface area contributed by atoms with Gasteiger partial charge in [-0.3, -0.25) is 0 Å². The van der Waals surface area contributed by atoms with E-state index in [4.69, 9.17) is 9.57 Å². The van der Waals surface area contributed by atoms with Gasteiger partial charge in [0.25, 0.3) is 0 Å². The third kappa shape index (κ3) is 6.89. The summed E-state index contributed by atoms with van der Waals surface area (Å²) in [7, 11) is 0. The van der Waals surface area contributed by atoms with Crippen LogP contribution in [0, 0.1) is 0 Å². The molecule has 1 N–H and O–H groups in total. The third-order valence-electron chi connectivity index (χ3n) is 4.25. The van der Waals surface area contributed by atoms with E-state index in [1.165, 1.54) is 32.1 Å². The Kier molecular flexibility index (Phi) is 8.63. The molecule has 0 saturated carbocycles. The van der Waals surface area contributed by atoms with Gasteiger partial charge in [0.05, 0.1) is 12.2 Å². The van der Waals surface area contributed by atoms with Gasteiger partial charge in [0, 0.05) is 13.1 Å². The number of benzene rings is 1. The molecule has 1 aromatic carbocycles. The van der Waals surface area contributed by atoms with E-state index < -0.39 is 0 Å². The molecule has 0 unspecified atom stereocenters. The molecule has 5 heteroatoms. The van der Waals surface area contributed by atoms with Crippen LogP contribution in [0.25, 0.3) is 0 Å². The van der Waals surface area contributed by atoms with Gasteiger partial charge in [0.1, 0.15) is 5.75 Å². The van der Waals surface area contributed by atoms with Gasteiger partial charge in [-0.05, 0) is 56.6 Å². The van der Waals surface area contributed by atoms with Crippen LogP contribution < -0.4 is 10.2 Å². The van der Waals surface area contributed by atoms with E-state index in [0.717, 1.165) is 38.4 Å². The summed E-state index contributed by atoms with van der Waals surface area (Å²) < 4.78 is 5.64. The third-order valence-corrected chi connectivity index (χ3v) is 4.25. The van der Waals surface area contributed by atoms with Gasteiger partial charge in [0.2, 0.25) is 0 Å². The van der Waals surface area contributed by atoms with E-state index in [0.29, 0.717) is 12.1 Å². The fourth-order valence-corrected chi connectivity index (χ4v) is 2.79. The molecule has 0 bridgehead atoms. The zero-order chi connectivity index (χ0) is 17.0. The molecule has 0 radical (unpaired) electrons. The minimum atomic E-state index is -0.355. The van der Waals surface area contributed by atoms with Crippen molar-refractivity contribution in [2.24, 2.45) is 0 Å². The quantitative estimate of drug-likeness (QED) is 0.525. The van der Waals surface area contributed by atoms with Gasteiger partial charge in [-0.2, -0.15) is 5.48 Å². The van der Waals surface area contributed by atoms with E-state index in [1.54, 1.807) is 12.1 Å². The Balaban J connectivity index is 1.62. The summed E-state index contributed by atoms with van der Waals surface area (Å²) in [6, 6.07) is 7.11. The van der Waals surface area contributed by atoms with E-state index in [-0.39, 0.29) is 5.97 Å². The Hall–Kier alpha value is -1.59. The summed E-state index contributed by atoms with van der Waals surface area (Å²) in [6.45, 7) is 6.75. The SMILES string of the molecule is CCCCCOc1ccc(C(=O)ONCCN2CCCCC2)cc1. The average molecular weight is 334 g/mol. The van der Waals surface area contributed by atoms with Crippen molar-refractivity contribution in [2.75, 3.05) is 32.8 Å². The highest BCUT2D eigenvalue weighted by Gasteiger charge is 2.10. The zero-order valence-electron chi connectivity index (χ0n) is 14.8. The van der Waals surface area contributed by atoms with Crippen LogP contribution in [0.1, 0.15) is 55.8 Å². The van der Waals surface area contributed by atoms with Gasteiger partial charge in [-0.15, -0.1) is 0 Å². The van der Waals surface area contributed by atoms with Crippen molar-refractivity contribution < 1.29 is 14.4 Å². The minimum Gasteiger partial charge on any atom is -0.494 e. The lowest BCUT2D eigenvalue weighted by atomic mass is 10.1. The molecular formula is C19H30N2O3. The first-order valence-corrected chi connectivity index (χ1v) is 9.19. The lowest BCUT2D eigenvalue weighted by Crippen LogP contribution is -2.36. The molecular weight excluding hydrogens is 304 g/mol. The molecule has 134 valence electrons. The predicted octanol–water partition coefficient (Wildman–Crippen LogP) is 3.40. The van der Waals surface area contributed by atoms with Crippen LogP contribution in [-0.4, -0.2) is 43.7 Å². The highest BCUT2D eigenvalue weighted by Crippen LogP contribution is 2.13. The summed E-state index contributed by atoms with van der Waals surface area (Å²) in [5.74, 6) is 0.437. The molecule has 0 amide bonds. The standard InChI is InChI=1S/C19H30N2O3/c1-2-3-7-16-23-18-10-8-17(9-11-18)19(22)24-20-12-15-21-13-5-4-6-14-21/h8-11,20H,2-7,12-16H2,1H3. The molecule has 1 aliphatic rings. The molecule has 24 heavy (non-hydrogen) atoms. The number of ether oxygens (including phenoxy) is 1. The van der Waals surface area contributed by atoms with Crippen molar-refractivity contribution in [3.63, 3.8) is 0 Å². The van der Waals surface area contributed by atoms with Crippen molar-refractivity contribution in [1.82, 2.24) is 10.4 Å². The van der Waals surface area contributed by atoms with Crippen molar-refractivity contribution in [1.29, 1.82) is 0 Å². The summed E-state index contributed by atoms with van der Waals surface area (Å²) >= 11 is 0. The second kappa shape index (κ2) is 11.0. The van der Waals surface area contributed by atoms with Crippen LogP contribution in [-0.2, 0) is 4.84 Å². The maximum atomic E-state index is 12.0. The molecule has 0 spiro atoms. The monoisotopic (exact) mass is 334 g/mol. The topological polar surface area (TPSA) is 50.8 Å². The highest BCUT2D eigenvalue weighted by molar-refractivity contribution is 5.89. The van der Waals surface area contributed by atoms with Crippen molar-refractivity contribution >= 4 is 5.97 Å². The van der Waals surface area contributed by atoms with Crippen LogP contribution in [0.15, 0.2) is 24.3 Å². The molecule has 1 saturated heterocycles. The Morgan fingerprint density at radius 2 is 1.88 bits per heavy atom. The van der Waals surface area contributed by atoms with E-state index in [9.17, 15) is 4.79 Å². The van der Waals surface area contributed by atoms with Crippen molar-refractivity contribution in [3.8, 4) is 5.75 Å². The van der Waals surface area contributed by atoms with E-state index >= 15 is 0 Å². The highest BCUT2D eigenvalue weighted by atomic mass is 16.7. The van der Waals surface area contributed by atoms with Gasteiger partial charge >= 0.3 is 5.97 Å². The lowest BCUT2D eigenvalue weighted by Gasteiger charge is -2.26. The average Bonchev–Trinajstić information content (AvgIpc) is 2.63. The number of likely N-dealkylation sites (tertiary alicyclic amines) is 1. The summed E-state index contributed by atoms with van der Waals surface area (Å²) in [5, 5.41) is 0. The summed E-state index contributed by atoms with van der Waals surface area (Å²) in [5.41, 5.74) is 3.30. The maximum Gasteiger partial charge on any atom is 0.356 e. The molecule has 1 aliphatic heterocycles. The molecule has 1 aromatic rings. The fraction of sp³-hybridized carbons (Fsp3) is 0.632. The first-order chi connectivity index (χ1) is 11.8. The predicted molar refractivity (Wildman–Crippen MR) is 95.2 cm³/mol. The normalized spacial score (nSPS) is 15.2. The first kappa shape index (κ1) is 18.7. The van der Waals surface area contributed by atoms with Crippen LogP contribution in [0.3, 0.4) is 0 Å². The first-order valence-electron chi connectivity index (χ1n) is 9.19. The number of rotatable bonds is 10. The lowest BCUT2D eigenvalue weighted by molar-refractivity contribution is 0.0231. The Morgan fingerprint density at radius 3 is 2.58 bits per heavy atom. The number of hydroxylamine groups is 1. The minimum absolute atomic E-state index is 0.355. The summed E-state index contributed by atoms with van der Waals surface area (Å²) in [4.78, 5) is 19.5. The van der Waals surface area contributed by atoms with Crippen LogP contribution >= 0.6 is 0 Å². The number of piperidine rings is 1. The van der Waals surface area contributed by atoms with Crippen molar-refractivity contribution in [2.45, 2.75) is 45.4 Å². The van der Waals surface area contributed by atoms with Crippen LogP contribution in [0.2, 0.25) is 0 Å². The summed E-state index contributed by atoms with van der Waals surface area (Å²) in [6.07, 6.45) is 7.28. The molecule has 5 nitrogen and oxygen atoms in total. The number of nitrogens with zero attached hydrogens (tertiary/aromatic N) is 1. The Bertz CT molecular complexity index is 470. The largest absolute Gasteiger partial charge is 0.494 e. The molecule has 2 rings (SSSR count). The number of hydrogen-bond donors (Lipinski definition) is 1. The smallest absolute Gasteiger partial charge is 0.356 e. The Morgan fingerprint density at radius 1 is 1.12 bits per heavy atom. The zero-order valence-corrected chi connectivity index (χ0v) is 14.8. The molecule has 0 aliphatic carbocycles. The second-order valence-electron chi connectivity index (χ2n) is 6.27. The van der Waals surface area contributed by atoms with Gasteiger partial charge in [0.15, 0.2) is 0 Å². The van der Waals surface area contributed by atoms with Crippen LogP contribution in [0.4, 0.5) is 0 Å². The second-order valence-corrected chi connectivity index (χ2v) is 6.27. The van der Waals surface area contributed by atoms with Gasteiger partial charge in [-0.25, -0.2) is 4.79 Å². The molecule has 1 fully saturated rings. The molecule has 0 aromatic heterocycles. The Labute approximate surface area is 145 Å². The van der Waals surface area contributed by atoms with Gasteiger partial charge < -0.3 is 14.5 Å². The molecule has 0 atom stereocenters. The molecule has 1 heterocycles.